The lowest BCUT2D eigenvalue weighted by atomic mass is 9.48. The van der Waals surface area contributed by atoms with Gasteiger partial charge in [-0.2, -0.15) is 0 Å². The minimum absolute atomic E-state index is 0.504. The fourth-order valence-corrected chi connectivity index (χ4v) is 5.40. The Bertz CT molecular complexity index is 477. The Morgan fingerprint density at radius 2 is 1.40 bits per heavy atom. The van der Waals surface area contributed by atoms with Crippen molar-refractivity contribution in [3.8, 4) is 0 Å². The van der Waals surface area contributed by atoms with Gasteiger partial charge in [0.1, 0.15) is 0 Å². The zero-order chi connectivity index (χ0) is 13.9. The summed E-state index contributed by atoms with van der Waals surface area (Å²) in [6.45, 7) is 0. The molecular formula is C18H25NO. The molecule has 0 aromatic heterocycles. The number of benzene rings is 1. The van der Waals surface area contributed by atoms with Crippen molar-refractivity contribution in [1.82, 2.24) is 0 Å². The molecule has 1 aromatic carbocycles. The molecule has 0 radical (unpaired) electrons. The molecule has 5 rings (SSSR count). The maximum atomic E-state index is 11.5. The third-order valence-corrected chi connectivity index (χ3v) is 6.23. The first kappa shape index (κ1) is 12.7. The molecule has 1 aromatic rings. The van der Waals surface area contributed by atoms with Gasteiger partial charge in [0, 0.05) is 19.8 Å². The number of rotatable bonds is 2. The Labute approximate surface area is 121 Å². The maximum absolute atomic E-state index is 11.5. The van der Waals surface area contributed by atoms with Gasteiger partial charge in [-0.1, -0.05) is 12.1 Å². The minimum atomic E-state index is -0.543. The third kappa shape index (κ3) is 1.67. The van der Waals surface area contributed by atoms with Gasteiger partial charge < -0.3 is 10.0 Å². The van der Waals surface area contributed by atoms with Gasteiger partial charge in [0.15, 0.2) is 0 Å². The molecule has 2 nitrogen and oxygen atoms in total. The van der Waals surface area contributed by atoms with Gasteiger partial charge in [-0.3, -0.25) is 0 Å². The summed E-state index contributed by atoms with van der Waals surface area (Å²) in [5.41, 5.74) is 1.83. The summed E-state index contributed by atoms with van der Waals surface area (Å²) in [6.07, 6.45) is 6.43. The van der Waals surface area contributed by atoms with Gasteiger partial charge in [-0.25, -0.2) is 0 Å². The fourth-order valence-electron chi connectivity index (χ4n) is 5.40. The Morgan fingerprint density at radius 3 is 1.85 bits per heavy atom. The van der Waals surface area contributed by atoms with E-state index in [-0.39, 0.29) is 0 Å². The van der Waals surface area contributed by atoms with Gasteiger partial charge >= 0.3 is 0 Å². The van der Waals surface area contributed by atoms with Crippen LogP contribution >= 0.6 is 0 Å². The van der Waals surface area contributed by atoms with E-state index >= 15 is 0 Å². The fraction of sp³-hybridized carbons (Fsp3) is 0.667. The lowest BCUT2D eigenvalue weighted by Gasteiger charge is -2.59. The number of nitrogens with zero attached hydrogens (tertiary/aromatic N) is 1. The molecule has 4 aliphatic carbocycles. The summed E-state index contributed by atoms with van der Waals surface area (Å²) in [4.78, 5) is 2.12. The van der Waals surface area contributed by atoms with Crippen LogP contribution in [0, 0.1) is 23.7 Å². The molecule has 2 heteroatoms. The van der Waals surface area contributed by atoms with Crippen LogP contribution in [-0.4, -0.2) is 19.2 Å². The molecule has 0 unspecified atom stereocenters. The molecular weight excluding hydrogens is 246 g/mol. The van der Waals surface area contributed by atoms with E-state index < -0.39 is 5.60 Å². The van der Waals surface area contributed by atoms with Crippen molar-refractivity contribution >= 4 is 5.69 Å². The van der Waals surface area contributed by atoms with E-state index in [0.717, 1.165) is 17.4 Å². The molecule has 1 N–H and O–H groups in total. The highest BCUT2D eigenvalue weighted by atomic mass is 16.3. The average Bonchev–Trinajstić information content (AvgIpc) is 2.44. The predicted molar refractivity (Wildman–Crippen MR) is 81.7 cm³/mol. The van der Waals surface area contributed by atoms with Gasteiger partial charge in [-0.15, -0.1) is 0 Å². The monoisotopic (exact) mass is 271 g/mol. The van der Waals surface area contributed by atoms with E-state index in [9.17, 15) is 5.11 Å². The molecule has 4 bridgehead atoms. The van der Waals surface area contributed by atoms with Crippen molar-refractivity contribution in [1.29, 1.82) is 0 Å². The summed E-state index contributed by atoms with van der Waals surface area (Å²) in [6, 6.07) is 8.63. The van der Waals surface area contributed by atoms with Crippen LogP contribution in [0.3, 0.4) is 0 Å². The van der Waals surface area contributed by atoms with Crippen molar-refractivity contribution in [2.75, 3.05) is 19.0 Å². The topological polar surface area (TPSA) is 23.5 Å². The highest BCUT2D eigenvalue weighted by Crippen LogP contribution is 2.61. The summed E-state index contributed by atoms with van der Waals surface area (Å²) < 4.78 is 0. The first-order valence-electron chi connectivity index (χ1n) is 8.07. The quantitative estimate of drug-likeness (QED) is 0.891. The summed E-state index contributed by atoms with van der Waals surface area (Å²) in [7, 11) is 4.12. The van der Waals surface area contributed by atoms with Crippen LogP contribution < -0.4 is 4.90 Å². The van der Waals surface area contributed by atoms with Gasteiger partial charge in [-0.05, 0) is 73.5 Å². The Kier molecular flexibility index (Phi) is 2.69. The molecule has 4 fully saturated rings. The normalized spacial score (nSPS) is 42.0. The average molecular weight is 271 g/mol. The summed E-state index contributed by atoms with van der Waals surface area (Å²) >= 11 is 0. The zero-order valence-electron chi connectivity index (χ0n) is 12.5. The highest BCUT2D eigenvalue weighted by molar-refractivity contribution is 5.47. The molecule has 20 heavy (non-hydrogen) atoms. The first-order chi connectivity index (χ1) is 9.57. The van der Waals surface area contributed by atoms with E-state index in [4.69, 9.17) is 0 Å². The molecule has 0 heterocycles. The Morgan fingerprint density at radius 1 is 0.900 bits per heavy atom. The smallest absolute Gasteiger partial charge is 0.0952 e. The lowest BCUT2D eigenvalue weighted by molar-refractivity contribution is -0.179. The standard InChI is InChI=1S/C18H25NO/c1-19(2)17-5-3-14(4-6-17)18(20)15-8-12-7-13(10-15)11-16(18)9-12/h3-6,12-13,15-16,20H,7-11H2,1-2H3. The van der Waals surface area contributed by atoms with Crippen molar-refractivity contribution in [2.45, 2.75) is 37.7 Å². The van der Waals surface area contributed by atoms with Crippen molar-refractivity contribution in [2.24, 2.45) is 23.7 Å². The highest BCUT2D eigenvalue weighted by Gasteiger charge is 2.57. The number of hydrogen-bond donors (Lipinski definition) is 1. The van der Waals surface area contributed by atoms with Crippen LogP contribution in [-0.2, 0) is 5.60 Å². The summed E-state index contributed by atoms with van der Waals surface area (Å²) in [5, 5.41) is 11.5. The van der Waals surface area contributed by atoms with E-state index in [1.807, 2.05) is 0 Å². The Balaban J connectivity index is 1.69. The first-order valence-corrected chi connectivity index (χ1v) is 8.07. The largest absolute Gasteiger partial charge is 0.385 e. The molecule has 0 spiro atoms. The van der Waals surface area contributed by atoms with Gasteiger partial charge in [0.2, 0.25) is 0 Å². The number of hydrogen-bond acceptors (Lipinski definition) is 2. The molecule has 0 atom stereocenters. The van der Waals surface area contributed by atoms with Crippen molar-refractivity contribution in [3.05, 3.63) is 29.8 Å². The van der Waals surface area contributed by atoms with Crippen LogP contribution in [0.4, 0.5) is 5.69 Å². The molecule has 0 saturated heterocycles. The molecule has 0 aliphatic heterocycles. The molecule has 4 aliphatic rings. The van der Waals surface area contributed by atoms with E-state index in [0.29, 0.717) is 11.8 Å². The molecule has 108 valence electrons. The van der Waals surface area contributed by atoms with Gasteiger partial charge in [0.05, 0.1) is 5.60 Å². The second-order valence-electron chi connectivity index (χ2n) is 7.57. The predicted octanol–water partition coefficient (Wildman–Crippen LogP) is 3.40. The lowest BCUT2D eigenvalue weighted by Crippen LogP contribution is -2.55. The van der Waals surface area contributed by atoms with Crippen LogP contribution in [0.2, 0.25) is 0 Å². The van der Waals surface area contributed by atoms with E-state index in [1.165, 1.54) is 37.8 Å². The van der Waals surface area contributed by atoms with Crippen molar-refractivity contribution < 1.29 is 5.11 Å². The number of anilines is 1. The Hall–Kier alpha value is -1.02. The summed E-state index contributed by atoms with van der Waals surface area (Å²) in [5.74, 6) is 2.81. The van der Waals surface area contributed by atoms with Gasteiger partial charge in [0.25, 0.3) is 0 Å². The second kappa shape index (κ2) is 4.24. The third-order valence-electron chi connectivity index (χ3n) is 6.23. The van der Waals surface area contributed by atoms with E-state index in [1.54, 1.807) is 0 Å². The van der Waals surface area contributed by atoms with Crippen LogP contribution in [0.25, 0.3) is 0 Å². The zero-order valence-corrected chi connectivity index (χ0v) is 12.5. The van der Waals surface area contributed by atoms with Crippen LogP contribution in [0.15, 0.2) is 24.3 Å². The minimum Gasteiger partial charge on any atom is -0.385 e. The SMILES string of the molecule is CN(C)c1ccc(C2(O)C3CC4CC(C3)CC2C4)cc1. The van der Waals surface area contributed by atoms with E-state index in [2.05, 4.69) is 43.3 Å². The van der Waals surface area contributed by atoms with Crippen molar-refractivity contribution in [3.63, 3.8) is 0 Å². The molecule has 0 amide bonds. The number of aliphatic hydroxyl groups is 1. The van der Waals surface area contributed by atoms with Crippen LogP contribution in [0.5, 0.6) is 0 Å². The van der Waals surface area contributed by atoms with Crippen LogP contribution in [0.1, 0.15) is 37.7 Å². The maximum Gasteiger partial charge on any atom is 0.0952 e. The second-order valence-corrected chi connectivity index (χ2v) is 7.57. The molecule has 4 saturated carbocycles.